The number of rotatable bonds is 1. The van der Waals surface area contributed by atoms with Crippen LogP contribution in [0.2, 0.25) is 0 Å². The zero-order valence-electron chi connectivity index (χ0n) is 14.2. The van der Waals surface area contributed by atoms with Crippen molar-refractivity contribution in [2.75, 3.05) is 0 Å². The summed E-state index contributed by atoms with van der Waals surface area (Å²) < 4.78 is 0. The lowest BCUT2D eigenvalue weighted by Gasteiger charge is -2.63. The maximum atomic E-state index is 11.8. The molecule has 0 aromatic rings. The lowest BCUT2D eigenvalue weighted by molar-refractivity contribution is -0.166. The normalized spacial score (nSPS) is 57.1. The average molecular weight is 302 g/mol. The molecule has 0 aromatic carbocycles. The van der Waals surface area contributed by atoms with Gasteiger partial charge in [0.15, 0.2) is 0 Å². The highest BCUT2D eigenvalue weighted by atomic mass is 16.3. The summed E-state index contributed by atoms with van der Waals surface area (Å²) in [5.74, 6) is 1.19. The van der Waals surface area contributed by atoms with Crippen molar-refractivity contribution in [2.24, 2.45) is 28.1 Å². The van der Waals surface area contributed by atoms with Crippen molar-refractivity contribution in [1.82, 2.24) is 0 Å². The minimum Gasteiger partial charge on any atom is -0.386 e. The Balaban J connectivity index is 1.75. The maximum Gasteiger partial charge on any atom is 0.126 e. The first kappa shape index (κ1) is 14.9. The van der Waals surface area contributed by atoms with Crippen LogP contribution >= 0.6 is 0 Å². The molecule has 122 valence electrons. The zero-order valence-corrected chi connectivity index (χ0v) is 14.2. The summed E-state index contributed by atoms with van der Waals surface area (Å²) in [6.07, 6.45) is 11.1. The van der Waals surface area contributed by atoms with Crippen molar-refractivity contribution in [2.45, 2.75) is 77.2 Å². The van der Waals surface area contributed by atoms with Crippen LogP contribution in [-0.2, 0) is 4.79 Å². The van der Waals surface area contributed by atoms with E-state index >= 15 is 0 Å². The third-order valence-electron chi connectivity index (χ3n) is 8.47. The summed E-state index contributed by atoms with van der Waals surface area (Å²) in [5, 5.41) is 10.9. The molecule has 4 aliphatic carbocycles. The van der Waals surface area contributed by atoms with Gasteiger partial charge in [-0.1, -0.05) is 26.8 Å². The molecule has 0 aromatic heterocycles. The van der Waals surface area contributed by atoms with Crippen molar-refractivity contribution in [3.05, 3.63) is 12.2 Å². The van der Waals surface area contributed by atoms with Crippen LogP contribution in [0.4, 0.5) is 0 Å². The lowest BCUT2D eigenvalue weighted by Crippen LogP contribution is -2.57. The Morgan fingerprint density at radius 3 is 2.59 bits per heavy atom. The number of aliphatic hydroxyl groups is 1. The Hall–Kier alpha value is -0.630. The highest BCUT2D eigenvalue weighted by Gasteiger charge is 2.66. The topological polar surface area (TPSA) is 37.3 Å². The van der Waals surface area contributed by atoms with Crippen molar-refractivity contribution in [3.8, 4) is 0 Å². The largest absolute Gasteiger partial charge is 0.386 e. The van der Waals surface area contributed by atoms with Gasteiger partial charge in [-0.05, 0) is 79.6 Å². The van der Waals surface area contributed by atoms with Crippen molar-refractivity contribution in [1.29, 1.82) is 0 Å². The second-order valence-corrected chi connectivity index (χ2v) is 9.52. The first-order chi connectivity index (χ1) is 10.3. The predicted octanol–water partition coefficient (Wildman–Crippen LogP) is 4.27. The highest BCUT2D eigenvalue weighted by Crippen LogP contribution is 2.72. The third-order valence-corrected chi connectivity index (χ3v) is 8.47. The maximum absolute atomic E-state index is 11.8. The molecule has 2 heteroatoms. The van der Waals surface area contributed by atoms with Crippen LogP contribution in [0.15, 0.2) is 12.2 Å². The van der Waals surface area contributed by atoms with Gasteiger partial charge in [0.2, 0.25) is 0 Å². The first-order valence-electron chi connectivity index (χ1n) is 9.15. The summed E-state index contributed by atoms with van der Waals surface area (Å²) in [6.45, 7) is 8.89. The predicted molar refractivity (Wildman–Crippen MR) is 87.3 cm³/mol. The minimum atomic E-state index is -0.581. The van der Waals surface area contributed by atoms with Gasteiger partial charge in [-0.15, -0.1) is 0 Å². The van der Waals surface area contributed by atoms with Crippen LogP contribution in [0, 0.1) is 28.1 Å². The SMILES string of the molecule is C=C1C[C@@]23CC[C@H]4[C@@](C)(CCC[C@@]4(C)C=O)[C@@H]2CC[C@@]1(O)C3. The Labute approximate surface area is 134 Å². The van der Waals surface area contributed by atoms with E-state index in [4.69, 9.17) is 0 Å². The molecule has 4 aliphatic rings. The molecule has 0 unspecified atom stereocenters. The van der Waals surface area contributed by atoms with E-state index in [2.05, 4.69) is 20.4 Å². The fourth-order valence-electron chi connectivity index (χ4n) is 7.54. The van der Waals surface area contributed by atoms with Crippen molar-refractivity contribution >= 4 is 6.29 Å². The standard InChI is InChI=1S/C20H30O2/c1-14-11-19-9-5-15-17(2,13-21)7-4-8-18(15,3)16(19)6-10-20(14,22)12-19/h13,15-16,22H,1,4-12H2,2-3H3/t15-,16+,17+,18-,19-,20-/m1/s1. The Morgan fingerprint density at radius 2 is 1.86 bits per heavy atom. The zero-order chi connectivity index (χ0) is 15.8. The fraction of sp³-hybridized carbons (Fsp3) is 0.850. The van der Waals surface area contributed by atoms with Gasteiger partial charge in [0.05, 0.1) is 5.60 Å². The molecule has 0 amide bonds. The summed E-state index contributed by atoms with van der Waals surface area (Å²) in [7, 11) is 0. The minimum absolute atomic E-state index is 0.127. The van der Waals surface area contributed by atoms with Gasteiger partial charge in [-0.25, -0.2) is 0 Å². The molecule has 2 nitrogen and oxygen atoms in total. The van der Waals surface area contributed by atoms with E-state index in [0.717, 1.165) is 44.1 Å². The van der Waals surface area contributed by atoms with E-state index in [9.17, 15) is 9.90 Å². The second-order valence-electron chi connectivity index (χ2n) is 9.52. The molecule has 0 heterocycles. The van der Waals surface area contributed by atoms with Gasteiger partial charge in [-0.2, -0.15) is 0 Å². The first-order valence-corrected chi connectivity index (χ1v) is 9.15. The molecular formula is C20H30O2. The summed E-state index contributed by atoms with van der Waals surface area (Å²) in [4.78, 5) is 11.8. The summed E-state index contributed by atoms with van der Waals surface area (Å²) >= 11 is 0. The number of hydrogen-bond donors (Lipinski definition) is 1. The van der Waals surface area contributed by atoms with Crippen LogP contribution in [0.5, 0.6) is 0 Å². The Bertz CT molecular complexity index is 540. The molecule has 4 fully saturated rings. The number of aldehydes is 1. The highest BCUT2D eigenvalue weighted by molar-refractivity contribution is 5.60. The number of carbonyl (C=O) groups is 1. The van der Waals surface area contributed by atoms with Gasteiger partial charge in [0, 0.05) is 5.41 Å². The molecule has 0 aliphatic heterocycles. The Morgan fingerprint density at radius 1 is 1.14 bits per heavy atom. The monoisotopic (exact) mass is 302 g/mol. The molecule has 0 saturated heterocycles. The van der Waals surface area contributed by atoms with E-state index in [1.54, 1.807) is 0 Å². The van der Waals surface area contributed by atoms with Gasteiger partial charge in [0.25, 0.3) is 0 Å². The smallest absolute Gasteiger partial charge is 0.126 e. The van der Waals surface area contributed by atoms with E-state index < -0.39 is 5.60 Å². The van der Waals surface area contributed by atoms with E-state index in [1.807, 2.05) is 0 Å². The van der Waals surface area contributed by atoms with E-state index in [0.29, 0.717) is 11.8 Å². The van der Waals surface area contributed by atoms with E-state index in [-0.39, 0.29) is 16.2 Å². The van der Waals surface area contributed by atoms with Crippen LogP contribution in [-0.4, -0.2) is 17.0 Å². The molecule has 4 rings (SSSR count). The summed E-state index contributed by atoms with van der Waals surface area (Å²) in [5.41, 5.74) is 0.931. The third kappa shape index (κ3) is 1.63. The van der Waals surface area contributed by atoms with Gasteiger partial charge in [-0.3, -0.25) is 0 Å². The number of fused-ring (bicyclic) bond motifs is 3. The molecular weight excluding hydrogens is 272 g/mol. The van der Waals surface area contributed by atoms with Crippen LogP contribution in [0.1, 0.15) is 71.6 Å². The quantitative estimate of drug-likeness (QED) is 0.580. The van der Waals surface area contributed by atoms with Crippen molar-refractivity contribution in [3.63, 3.8) is 0 Å². The molecule has 0 radical (unpaired) electrons. The molecule has 1 spiro atoms. The molecule has 22 heavy (non-hydrogen) atoms. The molecule has 4 saturated carbocycles. The van der Waals surface area contributed by atoms with Crippen molar-refractivity contribution < 1.29 is 9.90 Å². The van der Waals surface area contributed by atoms with Gasteiger partial charge in [0.1, 0.15) is 6.29 Å². The average Bonchev–Trinajstić information content (AvgIpc) is 2.64. The lowest BCUT2D eigenvalue weighted by atomic mass is 9.41. The number of hydrogen-bond acceptors (Lipinski definition) is 2. The fourth-order valence-corrected chi connectivity index (χ4v) is 7.54. The van der Waals surface area contributed by atoms with E-state index in [1.165, 1.54) is 25.5 Å². The molecule has 6 atom stereocenters. The second kappa shape index (κ2) is 4.26. The van der Waals surface area contributed by atoms with Crippen LogP contribution < -0.4 is 0 Å². The van der Waals surface area contributed by atoms with Gasteiger partial charge >= 0.3 is 0 Å². The molecule has 2 bridgehead atoms. The van der Waals surface area contributed by atoms with Crippen LogP contribution in [0.25, 0.3) is 0 Å². The molecule has 1 N–H and O–H groups in total. The summed E-state index contributed by atoms with van der Waals surface area (Å²) in [6, 6.07) is 0. The van der Waals surface area contributed by atoms with Crippen LogP contribution in [0.3, 0.4) is 0 Å². The Kier molecular flexibility index (Phi) is 2.89. The van der Waals surface area contributed by atoms with Gasteiger partial charge < -0.3 is 9.90 Å². The number of carbonyl (C=O) groups excluding carboxylic acids is 1.